The Bertz CT molecular complexity index is 615. The fraction of sp³-hybridized carbons (Fsp3) is 0.579. The Balaban J connectivity index is 1.75. The monoisotopic (exact) mass is 364 g/mol. The Morgan fingerprint density at radius 3 is 2.69 bits per heavy atom. The van der Waals surface area contributed by atoms with Crippen LogP contribution in [0, 0.1) is 13.8 Å². The number of hydrogen-bond donors (Lipinski definition) is 3. The van der Waals surface area contributed by atoms with E-state index < -0.39 is 12.0 Å². The topological polar surface area (TPSA) is 99.5 Å². The van der Waals surface area contributed by atoms with Gasteiger partial charge in [0.1, 0.15) is 19.1 Å². The highest BCUT2D eigenvalue weighted by atomic mass is 16.5. The normalized spacial score (nSPS) is 16.2. The molecule has 1 aromatic rings. The second-order valence-corrected chi connectivity index (χ2v) is 6.99. The molecule has 0 aliphatic carbocycles. The molecule has 0 unspecified atom stereocenters. The van der Waals surface area contributed by atoms with Gasteiger partial charge in [-0.25, -0.2) is 0 Å². The van der Waals surface area contributed by atoms with Crippen LogP contribution >= 0.6 is 0 Å². The summed E-state index contributed by atoms with van der Waals surface area (Å²) in [5.74, 6) is -1.50. The molecule has 7 nitrogen and oxygen atoms in total. The van der Waals surface area contributed by atoms with Crippen molar-refractivity contribution in [3.05, 3.63) is 29.3 Å². The molecule has 0 aromatic heterocycles. The number of benzene rings is 1. The van der Waals surface area contributed by atoms with Gasteiger partial charge in [0.2, 0.25) is 5.91 Å². The SMILES string of the molecule is Cc1ccc(NC(=O)C[C@@H]([NH2+]CCC[NH+]2CCOCC2)C(=O)[O-])c(C)c1. The summed E-state index contributed by atoms with van der Waals surface area (Å²) in [5.41, 5.74) is 2.79. The largest absolute Gasteiger partial charge is 0.544 e. The highest BCUT2D eigenvalue weighted by Crippen LogP contribution is 2.16. The Morgan fingerprint density at radius 1 is 1.31 bits per heavy atom. The molecule has 0 spiro atoms. The van der Waals surface area contributed by atoms with Gasteiger partial charge < -0.3 is 30.2 Å². The van der Waals surface area contributed by atoms with Gasteiger partial charge in [-0.15, -0.1) is 0 Å². The Morgan fingerprint density at radius 2 is 2.04 bits per heavy atom. The standard InChI is InChI=1S/C19H29N3O4/c1-14-4-5-16(15(2)12-14)21-18(23)13-17(19(24)25)20-6-3-7-22-8-10-26-11-9-22/h4-5,12,17,20H,3,6-11,13H2,1-2H3,(H,21,23)(H,24,25)/p+1/t17-/m1/s1. The minimum atomic E-state index is -1.19. The number of carbonyl (C=O) groups is 2. The van der Waals surface area contributed by atoms with Crippen LogP contribution in [0.3, 0.4) is 0 Å². The molecule has 1 heterocycles. The van der Waals surface area contributed by atoms with Crippen LogP contribution in [0.15, 0.2) is 18.2 Å². The van der Waals surface area contributed by atoms with Gasteiger partial charge in [0.05, 0.1) is 38.7 Å². The molecule has 2 rings (SSSR count). The van der Waals surface area contributed by atoms with E-state index in [1.807, 2.05) is 32.0 Å². The van der Waals surface area contributed by atoms with Crippen LogP contribution in [-0.2, 0) is 14.3 Å². The number of ether oxygens (including phenoxy) is 1. The lowest BCUT2D eigenvalue weighted by molar-refractivity contribution is -0.909. The first kappa shape index (κ1) is 20.4. The van der Waals surface area contributed by atoms with E-state index in [-0.39, 0.29) is 12.3 Å². The summed E-state index contributed by atoms with van der Waals surface area (Å²) in [6.07, 6.45) is 0.803. The van der Waals surface area contributed by atoms with Crippen LogP contribution in [0.1, 0.15) is 24.0 Å². The number of nitrogens with one attached hydrogen (secondary N) is 2. The van der Waals surface area contributed by atoms with Gasteiger partial charge in [-0.2, -0.15) is 0 Å². The van der Waals surface area contributed by atoms with Crippen molar-refractivity contribution >= 4 is 17.6 Å². The number of morpholine rings is 1. The van der Waals surface area contributed by atoms with E-state index in [0.29, 0.717) is 12.2 Å². The fourth-order valence-corrected chi connectivity index (χ4v) is 3.20. The first-order valence-electron chi connectivity index (χ1n) is 9.28. The maximum atomic E-state index is 12.2. The second-order valence-electron chi connectivity index (χ2n) is 6.99. The number of rotatable bonds is 9. The highest BCUT2D eigenvalue weighted by Gasteiger charge is 2.19. The second kappa shape index (κ2) is 10.3. The summed E-state index contributed by atoms with van der Waals surface area (Å²) in [6.45, 7) is 9.15. The van der Waals surface area contributed by atoms with Gasteiger partial charge in [0.15, 0.2) is 0 Å². The maximum Gasteiger partial charge on any atom is 0.230 e. The van der Waals surface area contributed by atoms with Gasteiger partial charge in [-0.3, -0.25) is 4.79 Å². The van der Waals surface area contributed by atoms with Crippen molar-refractivity contribution in [3.63, 3.8) is 0 Å². The zero-order chi connectivity index (χ0) is 18.9. The van der Waals surface area contributed by atoms with Gasteiger partial charge in [-0.1, -0.05) is 17.7 Å². The Labute approximate surface area is 154 Å². The zero-order valence-electron chi connectivity index (χ0n) is 15.7. The first-order chi connectivity index (χ1) is 12.5. The predicted octanol–water partition coefficient (Wildman–Crippen LogP) is -2.38. The van der Waals surface area contributed by atoms with E-state index in [1.54, 1.807) is 5.32 Å². The maximum absolute atomic E-state index is 12.2. The summed E-state index contributed by atoms with van der Waals surface area (Å²) in [6, 6.07) is 4.87. The van der Waals surface area contributed by atoms with E-state index in [1.165, 1.54) is 4.90 Å². The molecule has 26 heavy (non-hydrogen) atoms. The average molecular weight is 364 g/mol. The summed E-state index contributed by atoms with van der Waals surface area (Å²) >= 11 is 0. The van der Waals surface area contributed by atoms with Crippen LogP contribution in [0.5, 0.6) is 0 Å². The molecule has 1 saturated heterocycles. The number of aryl methyl sites for hydroxylation is 2. The molecule has 144 valence electrons. The van der Waals surface area contributed by atoms with Gasteiger partial charge >= 0.3 is 0 Å². The minimum Gasteiger partial charge on any atom is -0.544 e. The van der Waals surface area contributed by atoms with E-state index >= 15 is 0 Å². The lowest BCUT2D eigenvalue weighted by Crippen LogP contribution is -3.14. The minimum absolute atomic E-state index is 0.0972. The van der Waals surface area contributed by atoms with E-state index in [9.17, 15) is 14.7 Å². The third-order valence-corrected chi connectivity index (χ3v) is 4.75. The number of carbonyl (C=O) groups excluding carboxylic acids is 2. The third-order valence-electron chi connectivity index (χ3n) is 4.75. The van der Waals surface area contributed by atoms with E-state index in [4.69, 9.17) is 4.74 Å². The molecule has 0 saturated carbocycles. The van der Waals surface area contributed by atoms with Gasteiger partial charge in [-0.05, 0) is 25.5 Å². The number of hydrogen-bond acceptors (Lipinski definition) is 4. The zero-order valence-corrected chi connectivity index (χ0v) is 15.7. The molecule has 1 aromatic carbocycles. The van der Waals surface area contributed by atoms with Crippen LogP contribution in [-0.4, -0.2) is 57.3 Å². The summed E-state index contributed by atoms with van der Waals surface area (Å²) in [5, 5.41) is 15.9. The highest BCUT2D eigenvalue weighted by molar-refractivity contribution is 5.94. The number of nitrogens with two attached hydrogens (primary N) is 1. The number of carboxylic acid groups (broad SMARTS) is 1. The van der Waals surface area contributed by atoms with E-state index in [2.05, 4.69) is 5.32 Å². The lowest BCUT2D eigenvalue weighted by Gasteiger charge is -2.23. The molecule has 7 heteroatoms. The Hall–Kier alpha value is -1.96. The van der Waals surface area contributed by atoms with Crippen molar-refractivity contribution in [3.8, 4) is 0 Å². The molecular weight excluding hydrogens is 334 g/mol. The summed E-state index contributed by atoms with van der Waals surface area (Å²) in [7, 11) is 0. The first-order valence-corrected chi connectivity index (χ1v) is 9.28. The van der Waals surface area contributed by atoms with Crippen molar-refractivity contribution in [2.75, 3.05) is 44.7 Å². The quantitative estimate of drug-likeness (QED) is 0.426. The molecule has 1 fully saturated rings. The van der Waals surface area contributed by atoms with Crippen LogP contribution in [0.25, 0.3) is 0 Å². The van der Waals surface area contributed by atoms with Crippen LogP contribution in [0.4, 0.5) is 5.69 Å². The number of quaternary nitrogens is 2. The van der Waals surface area contributed by atoms with Crippen molar-refractivity contribution in [2.24, 2.45) is 0 Å². The summed E-state index contributed by atoms with van der Waals surface area (Å²) in [4.78, 5) is 25.0. The van der Waals surface area contributed by atoms with E-state index in [0.717, 1.165) is 50.4 Å². The van der Waals surface area contributed by atoms with Crippen molar-refractivity contribution < 1.29 is 29.6 Å². The Kier molecular flexibility index (Phi) is 8.03. The molecule has 4 N–H and O–H groups in total. The van der Waals surface area contributed by atoms with Gasteiger partial charge in [0.25, 0.3) is 0 Å². The lowest BCUT2D eigenvalue weighted by atomic mass is 10.1. The number of anilines is 1. The molecule has 0 radical (unpaired) electrons. The van der Waals surface area contributed by atoms with Crippen molar-refractivity contribution in [2.45, 2.75) is 32.7 Å². The molecule has 1 atom stereocenters. The van der Waals surface area contributed by atoms with Crippen molar-refractivity contribution in [1.82, 2.24) is 0 Å². The molecular formula is C19H30N3O4+. The summed E-state index contributed by atoms with van der Waals surface area (Å²) < 4.78 is 5.32. The smallest absolute Gasteiger partial charge is 0.230 e. The van der Waals surface area contributed by atoms with Gasteiger partial charge in [0, 0.05) is 12.1 Å². The average Bonchev–Trinajstić information content (AvgIpc) is 2.61. The number of carboxylic acids is 1. The fourth-order valence-electron chi connectivity index (χ4n) is 3.20. The third kappa shape index (κ3) is 6.74. The van der Waals surface area contributed by atoms with Crippen LogP contribution in [0.2, 0.25) is 0 Å². The predicted molar refractivity (Wildman–Crippen MR) is 95.7 cm³/mol. The number of amides is 1. The molecule has 0 bridgehead atoms. The van der Waals surface area contributed by atoms with Crippen molar-refractivity contribution in [1.29, 1.82) is 0 Å². The number of aliphatic carboxylic acids is 1. The molecule has 1 amide bonds. The molecule has 1 aliphatic rings. The van der Waals surface area contributed by atoms with Crippen LogP contribution < -0.4 is 20.6 Å². The molecule has 1 aliphatic heterocycles.